The second-order valence-electron chi connectivity index (χ2n) is 24.1. The molecule has 0 saturated heterocycles. The summed E-state index contributed by atoms with van der Waals surface area (Å²) in [6, 6.07) is 3.42. The molecule has 1 aromatic carbocycles. The first-order valence-corrected chi connectivity index (χ1v) is 33.1. The predicted octanol–water partition coefficient (Wildman–Crippen LogP) is 9.35. The third-order valence-corrected chi connectivity index (χ3v) is 25.2. The number of phenolic OH excluding ortho intramolecular Hbond substituents is 3. The van der Waals surface area contributed by atoms with Crippen molar-refractivity contribution in [3.8, 4) is 17.2 Å². The van der Waals surface area contributed by atoms with E-state index in [4.69, 9.17) is 34.3 Å². The molecule has 13 rings (SSSR count). The third-order valence-electron chi connectivity index (χ3n) is 16.9. The van der Waals surface area contributed by atoms with Gasteiger partial charge in [0, 0.05) is 75.5 Å². The van der Waals surface area contributed by atoms with Crippen LogP contribution in [-0.4, -0.2) is 104 Å². The molecule has 10 atom stereocenters. The average Bonchev–Trinajstić information content (AvgIpc) is 3.27. The van der Waals surface area contributed by atoms with E-state index in [1.54, 1.807) is 12.2 Å². The summed E-state index contributed by atoms with van der Waals surface area (Å²) < 4.78 is 39.6. The molecule has 0 amide bonds. The molecule has 0 aliphatic heterocycles. The molecule has 0 spiro atoms. The van der Waals surface area contributed by atoms with Crippen molar-refractivity contribution in [1.29, 1.82) is 0 Å². The molecule has 12 aliphatic carbocycles. The number of benzene rings is 1. The normalized spacial score (nSPS) is 28.5. The van der Waals surface area contributed by atoms with E-state index in [9.17, 15) is 43.2 Å². The maximum Gasteiger partial charge on any atom is 0.159 e. The number of carbonyl (C=O) groups is 9. The second-order valence-corrected chi connectivity index (χ2v) is 31.2. The van der Waals surface area contributed by atoms with Gasteiger partial charge >= 0.3 is 128 Å². The number of allylic oxidation sites excluding steroid dienone is 6. The van der Waals surface area contributed by atoms with Gasteiger partial charge in [-0.15, -0.1) is 0 Å². The average molecular weight is 1320 g/mol. The first-order valence-electron chi connectivity index (χ1n) is 26.7. The van der Waals surface area contributed by atoms with Gasteiger partial charge in [-0.2, -0.15) is 0 Å². The molecule has 6 unspecified atom stereocenters. The molecular weight excluding hydrogens is 1240 g/mol. The number of hydrogen-bond acceptors (Lipinski definition) is 20. The van der Waals surface area contributed by atoms with E-state index in [-0.39, 0.29) is 69.6 Å². The number of aromatic hydroxyl groups is 3. The molecule has 0 aromatic heterocycles. The zero-order valence-corrected chi connectivity index (χ0v) is 53.1. The number of esters is 4. The van der Waals surface area contributed by atoms with Gasteiger partial charge in [0.1, 0.15) is 40.5 Å². The third kappa shape index (κ3) is 16.3. The summed E-state index contributed by atoms with van der Waals surface area (Å²) in [6.45, 7) is 29.5. The summed E-state index contributed by atoms with van der Waals surface area (Å²) in [5.41, 5.74) is 0.564. The van der Waals surface area contributed by atoms with Crippen LogP contribution in [0.25, 0.3) is 0 Å². The van der Waals surface area contributed by atoms with Gasteiger partial charge < -0.3 is 34.3 Å². The molecule has 0 heterocycles. The summed E-state index contributed by atoms with van der Waals surface area (Å²) in [7, 11) is 0. The first kappa shape index (κ1) is 66.4. The van der Waals surface area contributed by atoms with Gasteiger partial charge in [-0.25, -0.2) is 0 Å². The molecule has 3 N–H and O–H groups in total. The smallest absolute Gasteiger partial charge is 0.159 e. The standard InChI is InChI=1S/C13H18O4.C12H18O2.C11H16O2.C9H12O.C6H6O3.4C2H4O2.Pb/c1-7(14)16-11-6-12(17-8(2)15)10-5-9(11)13(10,3)4;1-8(13)14-12(4)6-5-9-7-10(12)11(9,2)3;1-7(12)13-10-5-4-8-6-9(10)11(8,2)3;1-9(2)6-3-4-8(10)7(9)5-6;7-4-1-5(8)3-6(9)2-4;4*1-2(3)4;/h6,9-11H,5H2,1-4H3;5-6,9-10H,7H2,1-4H3;5,8-9H,4,6H2,1-3H3;3-4,6-7H,5H2,1-2H3;1-3,7-9H;4*1H3,(H,3,4);/q;;;;;;;;;+4/p-4/t9?,10-,11?;9?,10-,12?;8?,9-;6?,7-;;;;;;/m0100....../s1. The fourth-order valence-electron chi connectivity index (χ4n) is 12.2. The maximum atomic E-state index is 11.2. The van der Waals surface area contributed by atoms with Crippen LogP contribution in [0.4, 0.5) is 0 Å². The molecule has 0 radical (unpaired) electrons. The van der Waals surface area contributed by atoms with Crippen molar-refractivity contribution in [2.24, 2.45) is 69.0 Å². The molecule has 80 heavy (non-hydrogen) atoms. The van der Waals surface area contributed by atoms with E-state index in [1.807, 2.05) is 6.92 Å². The summed E-state index contributed by atoms with van der Waals surface area (Å²) in [4.78, 5) is 98.6. The minimum absolute atomic E-state index is 0.0274. The van der Waals surface area contributed by atoms with Gasteiger partial charge in [0.25, 0.3) is 0 Å². The molecule has 21 heteroatoms. The van der Waals surface area contributed by atoms with Crippen LogP contribution in [0.15, 0.2) is 66.2 Å². The van der Waals surface area contributed by atoms with Crippen molar-refractivity contribution in [3.05, 3.63) is 66.2 Å². The molecular formula is C59H82O20Pb. The van der Waals surface area contributed by atoms with Crippen LogP contribution in [-0.2, 0) is 72.8 Å². The number of fused-ring (bicyclic) bond motifs is 4. The Morgan fingerprint density at radius 3 is 1.31 bits per heavy atom. The fourth-order valence-corrected chi connectivity index (χ4v) is 18.6. The number of hydrogen-bond donors (Lipinski definition) is 3. The van der Waals surface area contributed by atoms with Crippen molar-refractivity contribution in [1.82, 2.24) is 0 Å². The maximum absolute atomic E-state index is 11.2. The van der Waals surface area contributed by atoms with Gasteiger partial charge in [-0.3, -0.25) is 24.0 Å². The van der Waals surface area contributed by atoms with Crippen LogP contribution >= 0.6 is 0 Å². The van der Waals surface area contributed by atoms with Crippen LogP contribution in [0, 0.1) is 69.0 Å². The van der Waals surface area contributed by atoms with Gasteiger partial charge in [-0.05, 0) is 103 Å². The van der Waals surface area contributed by atoms with Crippen LogP contribution in [0.2, 0.25) is 0 Å². The molecule has 12 aliphatic rings. The molecule has 20 nitrogen and oxygen atoms in total. The van der Waals surface area contributed by atoms with E-state index in [0.717, 1.165) is 83.3 Å². The monoisotopic (exact) mass is 1320 g/mol. The van der Waals surface area contributed by atoms with Gasteiger partial charge in [0.2, 0.25) is 0 Å². The number of rotatable bonds is 8. The van der Waals surface area contributed by atoms with Crippen molar-refractivity contribution in [3.63, 3.8) is 0 Å². The molecule has 442 valence electrons. The van der Waals surface area contributed by atoms with Crippen molar-refractivity contribution in [2.75, 3.05) is 0 Å². The van der Waals surface area contributed by atoms with Crippen LogP contribution in [0.5, 0.6) is 17.2 Å². The van der Waals surface area contributed by atoms with Gasteiger partial charge in [-0.1, -0.05) is 67.5 Å². The van der Waals surface area contributed by atoms with Crippen LogP contribution in [0.1, 0.15) is 150 Å². The topological polar surface area (TPSA) is 288 Å². The Balaban J connectivity index is 0.000000209. The van der Waals surface area contributed by atoms with E-state index in [0.29, 0.717) is 57.9 Å². The minimum atomic E-state index is -5.43. The zero-order valence-electron chi connectivity index (χ0n) is 49.2. The van der Waals surface area contributed by atoms with Gasteiger partial charge in [0.15, 0.2) is 5.78 Å². The first-order chi connectivity index (χ1) is 36.7. The number of ether oxygens (including phenoxy) is 4. The number of ketones is 1. The molecule has 4 saturated carbocycles. The SMILES string of the molecule is CC(=O)OC1(C)C=CC2C[C@@H]1C2(C)C.CC(=O)OC1=CC(OC(C)=O)C2C[C@@H]1C2(C)C.CC(=O)OC1=CCC2C[C@@H]1C2(C)C.CC(=O)[O][Pb]([O]C(C)=O)([O]C(C)=O)[O]C(C)=O.CC1(C)C2C=CC(=O)[C@@H]1C2.Oc1cc(O)cc(O)c1. The second kappa shape index (κ2) is 25.8. The summed E-state index contributed by atoms with van der Waals surface area (Å²) in [5, 5.41) is 26.0. The quantitative estimate of drug-likeness (QED) is 0.0945. The van der Waals surface area contributed by atoms with E-state index >= 15 is 0 Å². The Kier molecular flexibility index (Phi) is 21.4. The molecule has 8 bridgehead atoms. The molecule has 1 aromatic rings. The van der Waals surface area contributed by atoms with Crippen LogP contribution in [0.3, 0.4) is 0 Å². The Hall–Kier alpha value is -6.07. The Labute approximate surface area is 476 Å². The van der Waals surface area contributed by atoms with Crippen LogP contribution < -0.4 is 0 Å². The van der Waals surface area contributed by atoms with Crippen molar-refractivity contribution in [2.45, 2.75) is 162 Å². The summed E-state index contributed by atoms with van der Waals surface area (Å²) >= 11 is -5.43. The Morgan fingerprint density at radius 2 is 0.975 bits per heavy atom. The van der Waals surface area contributed by atoms with E-state index in [1.165, 1.54) is 34.1 Å². The Morgan fingerprint density at radius 1 is 0.512 bits per heavy atom. The van der Waals surface area contributed by atoms with E-state index in [2.05, 4.69) is 90.4 Å². The largest absolute Gasteiger partial charge is 0.508 e. The predicted molar refractivity (Wildman–Crippen MR) is 289 cm³/mol. The summed E-state index contributed by atoms with van der Waals surface area (Å²) in [6.07, 6.45) is 17.2. The van der Waals surface area contributed by atoms with Crippen molar-refractivity contribution >= 4 is 76.5 Å². The number of phenols is 3. The Bertz CT molecular complexity index is 2570. The summed E-state index contributed by atoms with van der Waals surface area (Å²) in [5.74, 6) is 1.03. The molecule has 4 fully saturated rings. The number of carbonyl (C=O) groups excluding carboxylic acids is 9. The van der Waals surface area contributed by atoms with Gasteiger partial charge in [0.05, 0.1) is 0 Å². The van der Waals surface area contributed by atoms with E-state index < -0.39 is 46.9 Å². The fraction of sp³-hybridized carbons (Fsp3) is 0.610. The minimum Gasteiger partial charge on any atom is -0.508 e. The van der Waals surface area contributed by atoms with Crippen molar-refractivity contribution < 1.29 is 88.2 Å². The zero-order chi connectivity index (χ0) is 60.8.